The number of pyridine rings is 1. The first-order chi connectivity index (χ1) is 13.0. The smallest absolute Gasteiger partial charge is 0.261 e. The molecule has 2 aromatic heterocycles. The lowest BCUT2D eigenvalue weighted by Crippen LogP contribution is -2.34. The number of hydrogen-bond donors (Lipinski definition) is 1. The molecule has 0 spiro atoms. The molecule has 27 heavy (non-hydrogen) atoms. The summed E-state index contributed by atoms with van der Waals surface area (Å²) in [6.45, 7) is 4.02. The molecule has 1 N–H and O–H groups in total. The zero-order valence-electron chi connectivity index (χ0n) is 15.9. The van der Waals surface area contributed by atoms with Crippen LogP contribution in [-0.2, 0) is 6.42 Å². The maximum atomic E-state index is 13.1. The highest BCUT2D eigenvalue weighted by Gasteiger charge is 2.26. The van der Waals surface area contributed by atoms with Gasteiger partial charge in [-0.2, -0.15) is 0 Å². The SMILES string of the molecule is Cc1ccc(Cc2cc3c(=O)n(C4CCCCC4O)cnc3cc2C)cn1. The van der Waals surface area contributed by atoms with Crippen molar-refractivity contribution >= 4 is 10.9 Å². The summed E-state index contributed by atoms with van der Waals surface area (Å²) in [6, 6.07) is 7.85. The Bertz CT molecular complexity index is 1020. The van der Waals surface area contributed by atoms with Gasteiger partial charge in [-0.1, -0.05) is 18.9 Å². The van der Waals surface area contributed by atoms with E-state index in [1.165, 1.54) is 0 Å². The fraction of sp³-hybridized carbons (Fsp3) is 0.409. The first-order valence-corrected chi connectivity index (χ1v) is 9.63. The number of rotatable bonds is 3. The molecule has 4 rings (SSSR count). The van der Waals surface area contributed by atoms with Gasteiger partial charge in [0.2, 0.25) is 0 Å². The fourth-order valence-electron chi connectivity index (χ4n) is 4.00. The van der Waals surface area contributed by atoms with Gasteiger partial charge in [-0.05, 0) is 68.0 Å². The van der Waals surface area contributed by atoms with Gasteiger partial charge in [-0.15, -0.1) is 0 Å². The molecule has 1 aliphatic carbocycles. The Balaban J connectivity index is 1.76. The highest BCUT2D eigenvalue weighted by molar-refractivity contribution is 5.79. The number of hydrogen-bond acceptors (Lipinski definition) is 4. The van der Waals surface area contributed by atoms with Gasteiger partial charge in [-0.3, -0.25) is 14.3 Å². The molecule has 140 valence electrons. The Morgan fingerprint density at radius 1 is 1.15 bits per heavy atom. The van der Waals surface area contributed by atoms with E-state index in [-0.39, 0.29) is 11.6 Å². The van der Waals surface area contributed by atoms with Crippen LogP contribution in [0.2, 0.25) is 0 Å². The van der Waals surface area contributed by atoms with Crippen molar-refractivity contribution in [1.82, 2.24) is 14.5 Å². The molecule has 1 saturated carbocycles. The standard InChI is InChI=1S/C22H25N3O2/c1-14-9-19-18(11-17(14)10-16-8-7-15(2)23-12-16)22(27)25(13-24-19)20-5-3-4-6-21(20)26/h7-9,11-13,20-21,26H,3-6,10H2,1-2H3. The molecule has 0 radical (unpaired) electrons. The van der Waals surface area contributed by atoms with Crippen LogP contribution in [0.4, 0.5) is 0 Å². The summed E-state index contributed by atoms with van der Waals surface area (Å²) in [5, 5.41) is 11.0. The van der Waals surface area contributed by atoms with Crippen molar-refractivity contribution in [2.75, 3.05) is 0 Å². The van der Waals surface area contributed by atoms with Crippen molar-refractivity contribution in [3.05, 3.63) is 69.5 Å². The van der Waals surface area contributed by atoms with Crippen LogP contribution in [0.3, 0.4) is 0 Å². The minimum atomic E-state index is -0.473. The first kappa shape index (κ1) is 17.9. The highest BCUT2D eigenvalue weighted by atomic mass is 16.3. The highest BCUT2D eigenvalue weighted by Crippen LogP contribution is 2.28. The van der Waals surface area contributed by atoms with Crippen LogP contribution in [0.15, 0.2) is 41.6 Å². The number of aliphatic hydroxyl groups excluding tert-OH is 1. The Morgan fingerprint density at radius 3 is 2.70 bits per heavy atom. The summed E-state index contributed by atoms with van der Waals surface area (Å²) in [5.74, 6) is 0. The third kappa shape index (κ3) is 3.52. The molecule has 2 atom stereocenters. The van der Waals surface area contributed by atoms with Crippen molar-refractivity contribution in [3.63, 3.8) is 0 Å². The van der Waals surface area contributed by atoms with Gasteiger partial charge in [0.25, 0.3) is 5.56 Å². The molecule has 1 fully saturated rings. The van der Waals surface area contributed by atoms with Crippen LogP contribution in [0.5, 0.6) is 0 Å². The summed E-state index contributed by atoms with van der Waals surface area (Å²) in [6.07, 6.45) is 7.37. The Labute approximate surface area is 158 Å². The number of aryl methyl sites for hydroxylation is 2. The van der Waals surface area contributed by atoms with Crippen LogP contribution in [-0.4, -0.2) is 25.7 Å². The van der Waals surface area contributed by atoms with E-state index in [9.17, 15) is 9.90 Å². The second-order valence-electron chi connectivity index (χ2n) is 7.66. The van der Waals surface area contributed by atoms with Crippen LogP contribution >= 0.6 is 0 Å². The summed E-state index contributed by atoms with van der Waals surface area (Å²) < 4.78 is 1.64. The first-order valence-electron chi connectivity index (χ1n) is 9.63. The molecular weight excluding hydrogens is 338 g/mol. The lowest BCUT2D eigenvalue weighted by molar-refractivity contribution is 0.0735. The summed E-state index contributed by atoms with van der Waals surface area (Å²) in [4.78, 5) is 22.0. The monoisotopic (exact) mass is 363 g/mol. The van der Waals surface area contributed by atoms with Gasteiger partial charge >= 0.3 is 0 Å². The number of aliphatic hydroxyl groups is 1. The molecule has 0 bridgehead atoms. The van der Waals surface area contributed by atoms with Gasteiger partial charge in [0, 0.05) is 11.9 Å². The summed E-state index contributed by atoms with van der Waals surface area (Å²) in [5.41, 5.74) is 4.99. The van der Waals surface area contributed by atoms with Crippen molar-refractivity contribution < 1.29 is 5.11 Å². The molecule has 2 unspecified atom stereocenters. The lowest BCUT2D eigenvalue weighted by Gasteiger charge is -2.29. The average Bonchev–Trinajstić information content (AvgIpc) is 2.66. The fourth-order valence-corrected chi connectivity index (χ4v) is 4.00. The van der Waals surface area contributed by atoms with Crippen molar-refractivity contribution in [1.29, 1.82) is 0 Å². The molecule has 1 aliphatic rings. The summed E-state index contributed by atoms with van der Waals surface area (Å²) >= 11 is 0. The molecule has 0 amide bonds. The van der Waals surface area contributed by atoms with Crippen molar-refractivity contribution in [2.45, 2.75) is 58.1 Å². The van der Waals surface area contributed by atoms with Crippen LogP contribution in [0.1, 0.15) is 54.1 Å². The van der Waals surface area contributed by atoms with E-state index >= 15 is 0 Å². The normalized spacial score (nSPS) is 20.1. The third-order valence-electron chi connectivity index (χ3n) is 5.66. The zero-order chi connectivity index (χ0) is 19.0. The van der Waals surface area contributed by atoms with Crippen LogP contribution in [0, 0.1) is 13.8 Å². The number of nitrogens with zero attached hydrogens (tertiary/aromatic N) is 3. The lowest BCUT2D eigenvalue weighted by atomic mass is 9.92. The van der Waals surface area contributed by atoms with E-state index in [0.29, 0.717) is 10.9 Å². The largest absolute Gasteiger partial charge is 0.391 e. The van der Waals surface area contributed by atoms with E-state index in [4.69, 9.17) is 0 Å². The Kier molecular flexibility index (Phi) is 4.79. The minimum absolute atomic E-state index is 0.0609. The zero-order valence-corrected chi connectivity index (χ0v) is 15.9. The molecule has 5 heteroatoms. The van der Waals surface area contributed by atoms with Gasteiger partial charge in [0.15, 0.2) is 0 Å². The molecule has 0 aliphatic heterocycles. The predicted molar refractivity (Wildman–Crippen MR) is 106 cm³/mol. The molecular formula is C22H25N3O2. The average molecular weight is 363 g/mol. The maximum Gasteiger partial charge on any atom is 0.261 e. The molecule has 5 nitrogen and oxygen atoms in total. The van der Waals surface area contributed by atoms with E-state index in [2.05, 4.69) is 23.0 Å². The van der Waals surface area contributed by atoms with Crippen LogP contribution in [0.25, 0.3) is 10.9 Å². The molecule has 0 saturated heterocycles. The Morgan fingerprint density at radius 2 is 1.96 bits per heavy atom. The van der Waals surface area contributed by atoms with Gasteiger partial charge in [-0.25, -0.2) is 4.98 Å². The summed E-state index contributed by atoms with van der Waals surface area (Å²) in [7, 11) is 0. The Hall–Kier alpha value is -2.53. The second-order valence-corrected chi connectivity index (χ2v) is 7.66. The molecule has 2 heterocycles. The van der Waals surface area contributed by atoms with E-state index in [1.807, 2.05) is 31.3 Å². The van der Waals surface area contributed by atoms with E-state index < -0.39 is 6.10 Å². The molecule has 3 aromatic rings. The molecule has 1 aromatic carbocycles. The van der Waals surface area contributed by atoms with Crippen molar-refractivity contribution in [3.8, 4) is 0 Å². The number of benzene rings is 1. The number of aromatic nitrogens is 3. The minimum Gasteiger partial charge on any atom is -0.391 e. The predicted octanol–water partition coefficient (Wildman–Crippen LogP) is 3.48. The van der Waals surface area contributed by atoms with Crippen LogP contribution < -0.4 is 5.56 Å². The second kappa shape index (κ2) is 7.24. The number of fused-ring (bicyclic) bond motifs is 1. The third-order valence-corrected chi connectivity index (χ3v) is 5.66. The quantitative estimate of drug-likeness (QED) is 0.774. The van der Waals surface area contributed by atoms with Gasteiger partial charge < -0.3 is 5.11 Å². The van der Waals surface area contributed by atoms with Crippen molar-refractivity contribution in [2.24, 2.45) is 0 Å². The van der Waals surface area contributed by atoms with Gasteiger partial charge in [0.05, 0.1) is 29.4 Å². The topological polar surface area (TPSA) is 68.0 Å². The van der Waals surface area contributed by atoms with Gasteiger partial charge in [0.1, 0.15) is 0 Å². The maximum absolute atomic E-state index is 13.1. The van der Waals surface area contributed by atoms with E-state index in [1.54, 1.807) is 10.9 Å². The van der Waals surface area contributed by atoms with E-state index in [0.717, 1.165) is 54.5 Å².